The molecular formula is C15H18N2O4. The van der Waals surface area contributed by atoms with Gasteiger partial charge >= 0.3 is 0 Å². The van der Waals surface area contributed by atoms with Gasteiger partial charge in [-0.2, -0.15) is 5.06 Å². The second-order valence-electron chi connectivity index (χ2n) is 5.29. The highest BCUT2D eigenvalue weighted by molar-refractivity contribution is 6.00. The van der Waals surface area contributed by atoms with E-state index in [1.807, 2.05) is 12.2 Å². The van der Waals surface area contributed by atoms with Crippen LogP contribution in [0.3, 0.4) is 0 Å². The number of aliphatic hydroxyl groups is 1. The lowest BCUT2D eigenvalue weighted by Gasteiger charge is -2.33. The Morgan fingerprint density at radius 3 is 2.81 bits per heavy atom. The molecule has 112 valence electrons. The summed E-state index contributed by atoms with van der Waals surface area (Å²) in [7, 11) is 0. The van der Waals surface area contributed by atoms with Gasteiger partial charge in [0.2, 0.25) is 6.29 Å². The van der Waals surface area contributed by atoms with Crippen molar-refractivity contribution in [2.24, 2.45) is 5.92 Å². The van der Waals surface area contributed by atoms with Crippen LogP contribution in [0.15, 0.2) is 35.5 Å². The predicted octanol–water partition coefficient (Wildman–Crippen LogP) is 0.418. The molecule has 0 aromatic rings. The second-order valence-corrected chi connectivity index (χ2v) is 5.29. The third kappa shape index (κ3) is 2.83. The minimum absolute atomic E-state index is 0.143. The predicted molar refractivity (Wildman–Crippen MR) is 74.5 cm³/mol. The molecule has 6 nitrogen and oxygen atoms in total. The van der Waals surface area contributed by atoms with Crippen molar-refractivity contribution in [3.63, 3.8) is 0 Å². The Bertz CT molecular complexity index is 534. The van der Waals surface area contributed by atoms with Crippen molar-refractivity contribution in [3.05, 3.63) is 35.5 Å². The van der Waals surface area contributed by atoms with Crippen molar-refractivity contribution in [1.82, 2.24) is 10.4 Å². The van der Waals surface area contributed by atoms with Crippen LogP contribution < -0.4 is 5.32 Å². The molecule has 3 aliphatic rings. The Morgan fingerprint density at radius 2 is 2.05 bits per heavy atom. The van der Waals surface area contributed by atoms with E-state index >= 15 is 0 Å². The van der Waals surface area contributed by atoms with Crippen LogP contribution >= 0.6 is 0 Å². The maximum absolute atomic E-state index is 11.5. The minimum Gasteiger partial charge on any atom is -0.362 e. The molecule has 0 spiro atoms. The summed E-state index contributed by atoms with van der Waals surface area (Å²) in [6, 6.07) is 0. The summed E-state index contributed by atoms with van der Waals surface area (Å²) in [5, 5.41) is 14.1. The Balaban J connectivity index is 1.69. The summed E-state index contributed by atoms with van der Waals surface area (Å²) in [6.45, 7) is 1.63. The number of nitrogens with zero attached hydrogens (tertiary/aromatic N) is 1. The second kappa shape index (κ2) is 5.93. The maximum Gasteiger partial charge on any atom is 0.254 e. The molecule has 0 aromatic carbocycles. The average Bonchev–Trinajstić information content (AvgIpc) is 2.78. The fourth-order valence-electron chi connectivity index (χ4n) is 2.71. The first-order valence-electron chi connectivity index (χ1n) is 7.15. The monoisotopic (exact) mass is 290 g/mol. The summed E-state index contributed by atoms with van der Waals surface area (Å²) in [5.74, 6) is -0.560. The minimum atomic E-state index is -1.27. The highest BCUT2D eigenvalue weighted by Gasteiger charge is 2.36. The van der Waals surface area contributed by atoms with Gasteiger partial charge in [-0.1, -0.05) is 24.3 Å². The quantitative estimate of drug-likeness (QED) is 0.447. The van der Waals surface area contributed by atoms with E-state index in [-0.39, 0.29) is 18.8 Å². The Morgan fingerprint density at radius 1 is 1.29 bits per heavy atom. The van der Waals surface area contributed by atoms with Gasteiger partial charge in [-0.05, 0) is 12.0 Å². The SMILES string of the molecule is O=C1CCC(=O)N1OC(O)C1=CC2CNC/C=C/CC=C12. The molecule has 2 atom stereocenters. The molecule has 6 heteroatoms. The van der Waals surface area contributed by atoms with Crippen LogP contribution in [0.2, 0.25) is 0 Å². The number of aliphatic hydroxyl groups excluding tert-OH is 1. The molecule has 0 saturated carbocycles. The standard InChI is InChI=1S/C15H18N2O4/c18-13-5-6-14(19)17(13)21-15(20)12-8-10-9-16-7-3-1-2-4-11(10)12/h1,3-4,8,10,15-16,20H,2,5-7,9H2/b3-1+,11-4?. The van der Waals surface area contributed by atoms with Crippen molar-refractivity contribution in [3.8, 4) is 0 Å². The van der Waals surface area contributed by atoms with Crippen LogP contribution in [0.4, 0.5) is 0 Å². The van der Waals surface area contributed by atoms with Gasteiger partial charge in [-0.15, -0.1) is 0 Å². The van der Waals surface area contributed by atoms with Crippen LogP contribution in [0, 0.1) is 5.92 Å². The van der Waals surface area contributed by atoms with Crippen LogP contribution in [0.25, 0.3) is 0 Å². The van der Waals surface area contributed by atoms with Gasteiger partial charge in [0.25, 0.3) is 11.8 Å². The fraction of sp³-hybridized carbons (Fsp3) is 0.467. The number of nitrogens with one attached hydrogen (secondary N) is 1. The molecule has 3 rings (SSSR count). The lowest BCUT2D eigenvalue weighted by Crippen LogP contribution is -2.38. The first-order valence-corrected chi connectivity index (χ1v) is 7.15. The maximum atomic E-state index is 11.5. The number of amides is 2. The van der Waals surface area contributed by atoms with E-state index in [9.17, 15) is 14.7 Å². The van der Waals surface area contributed by atoms with Crippen molar-refractivity contribution >= 4 is 11.8 Å². The first-order chi connectivity index (χ1) is 10.2. The van der Waals surface area contributed by atoms with E-state index in [0.29, 0.717) is 10.6 Å². The summed E-state index contributed by atoms with van der Waals surface area (Å²) in [6.07, 6.45) is 7.88. The third-order valence-electron chi connectivity index (χ3n) is 3.86. The molecule has 0 bridgehead atoms. The highest BCUT2D eigenvalue weighted by atomic mass is 16.8. The zero-order chi connectivity index (χ0) is 14.8. The lowest BCUT2D eigenvalue weighted by molar-refractivity contribution is -0.233. The third-order valence-corrected chi connectivity index (χ3v) is 3.86. The van der Waals surface area contributed by atoms with Crippen LogP contribution in [0.5, 0.6) is 0 Å². The molecule has 1 aliphatic carbocycles. The zero-order valence-electron chi connectivity index (χ0n) is 11.6. The van der Waals surface area contributed by atoms with Crippen LogP contribution in [0.1, 0.15) is 19.3 Å². The van der Waals surface area contributed by atoms with Crippen molar-refractivity contribution in [2.75, 3.05) is 13.1 Å². The molecule has 2 unspecified atom stereocenters. The Kier molecular flexibility index (Phi) is 4.01. The Hall–Kier alpha value is -1.76. The molecule has 21 heavy (non-hydrogen) atoms. The molecule has 0 aromatic heterocycles. The number of hydrogen-bond acceptors (Lipinski definition) is 5. The van der Waals surface area contributed by atoms with Gasteiger partial charge in [0.05, 0.1) is 0 Å². The van der Waals surface area contributed by atoms with Crippen molar-refractivity contribution < 1.29 is 19.5 Å². The van der Waals surface area contributed by atoms with E-state index in [1.54, 1.807) is 0 Å². The number of hydrogen-bond donors (Lipinski definition) is 2. The molecule has 2 N–H and O–H groups in total. The molecule has 2 aliphatic heterocycles. The molecular weight excluding hydrogens is 272 g/mol. The van der Waals surface area contributed by atoms with Gasteiger partial charge in [0, 0.05) is 37.4 Å². The number of carbonyl (C=O) groups is 2. The molecule has 2 amide bonds. The first kappa shape index (κ1) is 14.2. The summed E-state index contributed by atoms with van der Waals surface area (Å²) in [5.41, 5.74) is 1.66. The molecule has 1 fully saturated rings. The van der Waals surface area contributed by atoms with Crippen LogP contribution in [-0.4, -0.2) is 41.4 Å². The van der Waals surface area contributed by atoms with E-state index in [1.165, 1.54) is 0 Å². The van der Waals surface area contributed by atoms with Gasteiger partial charge in [0.15, 0.2) is 0 Å². The summed E-state index contributed by atoms with van der Waals surface area (Å²) >= 11 is 0. The van der Waals surface area contributed by atoms with E-state index in [2.05, 4.69) is 17.5 Å². The number of fused-ring (bicyclic) bond motifs is 1. The number of allylic oxidation sites excluding steroid dienone is 2. The van der Waals surface area contributed by atoms with E-state index in [0.717, 1.165) is 25.1 Å². The van der Waals surface area contributed by atoms with E-state index < -0.39 is 18.1 Å². The number of imide groups is 1. The average molecular weight is 290 g/mol. The molecule has 0 radical (unpaired) electrons. The van der Waals surface area contributed by atoms with E-state index in [4.69, 9.17) is 4.84 Å². The molecule has 2 heterocycles. The highest BCUT2D eigenvalue weighted by Crippen LogP contribution is 2.36. The normalized spacial score (nSPS) is 28.6. The number of hydroxylamine groups is 2. The van der Waals surface area contributed by atoms with Crippen molar-refractivity contribution in [1.29, 1.82) is 0 Å². The number of carbonyl (C=O) groups excluding carboxylic acids is 2. The van der Waals surface area contributed by atoms with Gasteiger partial charge in [-0.25, -0.2) is 4.84 Å². The largest absolute Gasteiger partial charge is 0.362 e. The fourth-order valence-corrected chi connectivity index (χ4v) is 2.71. The zero-order valence-corrected chi connectivity index (χ0v) is 11.6. The Labute approximate surface area is 122 Å². The van der Waals surface area contributed by atoms with Gasteiger partial charge < -0.3 is 10.4 Å². The summed E-state index contributed by atoms with van der Waals surface area (Å²) < 4.78 is 0. The summed E-state index contributed by atoms with van der Waals surface area (Å²) in [4.78, 5) is 28.1. The smallest absolute Gasteiger partial charge is 0.254 e. The van der Waals surface area contributed by atoms with Gasteiger partial charge in [0.1, 0.15) is 0 Å². The van der Waals surface area contributed by atoms with Crippen LogP contribution in [-0.2, 0) is 14.4 Å². The van der Waals surface area contributed by atoms with Crippen molar-refractivity contribution in [2.45, 2.75) is 25.6 Å². The van der Waals surface area contributed by atoms with Gasteiger partial charge in [-0.3, -0.25) is 9.59 Å². The number of rotatable bonds is 3. The lowest BCUT2D eigenvalue weighted by atomic mass is 9.79. The molecule has 1 saturated heterocycles. The topological polar surface area (TPSA) is 78.9 Å².